The number of allylic oxidation sites excluding steroid dienone is 1. The number of hydrogen-bond acceptors (Lipinski definition) is 2. The van der Waals surface area contributed by atoms with Crippen LogP contribution in [0.15, 0.2) is 41.5 Å². The molecule has 2 saturated carbocycles. The molecule has 3 heteroatoms. The first-order chi connectivity index (χ1) is 10.5. The highest BCUT2D eigenvalue weighted by molar-refractivity contribution is 6.27. The van der Waals surface area contributed by atoms with E-state index < -0.39 is 0 Å². The quantitative estimate of drug-likeness (QED) is 0.756. The highest BCUT2D eigenvalue weighted by Gasteiger charge is 2.50. The summed E-state index contributed by atoms with van der Waals surface area (Å²) >= 11 is 0. The molecule has 2 bridgehead atoms. The van der Waals surface area contributed by atoms with Crippen molar-refractivity contribution in [3.05, 3.63) is 47.9 Å². The van der Waals surface area contributed by atoms with Crippen LogP contribution >= 0.6 is 0 Å². The second-order valence-corrected chi connectivity index (χ2v) is 6.96. The molecule has 0 saturated heterocycles. The summed E-state index contributed by atoms with van der Waals surface area (Å²) in [6.45, 7) is 1.72. The van der Waals surface area contributed by atoms with Crippen LogP contribution < -0.4 is 0 Å². The van der Waals surface area contributed by atoms with Crippen molar-refractivity contribution in [3.8, 4) is 0 Å². The van der Waals surface area contributed by atoms with E-state index in [-0.39, 0.29) is 16.6 Å². The van der Waals surface area contributed by atoms with Crippen molar-refractivity contribution in [2.45, 2.75) is 50.9 Å². The standard InChI is InChI=1S/C19H23FN2/c1-15(21)13-22-11-10-18-6-3-7-19(14-18,9-8-18)16-4-2-5-17(20)12-16/h2,4-5,10-13,21H,3,6-9,14H2,1H3/b11-10+,21-15?,22-13-. The van der Waals surface area contributed by atoms with Crippen LogP contribution in [0.2, 0.25) is 0 Å². The monoisotopic (exact) mass is 298 g/mol. The largest absolute Gasteiger partial charge is 0.304 e. The van der Waals surface area contributed by atoms with Crippen LogP contribution in [0.5, 0.6) is 0 Å². The number of nitrogens with zero attached hydrogens (tertiary/aromatic N) is 1. The van der Waals surface area contributed by atoms with Crippen LogP contribution in [-0.2, 0) is 5.41 Å². The average molecular weight is 298 g/mol. The number of nitrogens with one attached hydrogen (secondary N) is 1. The van der Waals surface area contributed by atoms with Crippen LogP contribution in [0.4, 0.5) is 4.39 Å². The lowest BCUT2D eigenvalue weighted by molar-refractivity contribution is 0.243. The van der Waals surface area contributed by atoms with Gasteiger partial charge in [0.15, 0.2) is 0 Å². The fourth-order valence-electron chi connectivity index (χ4n) is 4.34. The highest BCUT2D eigenvalue weighted by Crippen LogP contribution is 2.60. The number of halogens is 1. The Bertz CT molecular complexity index is 634. The molecule has 1 aromatic rings. The zero-order valence-electron chi connectivity index (χ0n) is 13.1. The smallest absolute Gasteiger partial charge is 0.123 e. The summed E-state index contributed by atoms with van der Waals surface area (Å²) < 4.78 is 13.6. The van der Waals surface area contributed by atoms with Crippen LogP contribution in [0.3, 0.4) is 0 Å². The summed E-state index contributed by atoms with van der Waals surface area (Å²) in [5.41, 5.74) is 1.98. The molecule has 116 valence electrons. The summed E-state index contributed by atoms with van der Waals surface area (Å²) in [5, 5.41) is 7.36. The van der Waals surface area contributed by atoms with Crippen molar-refractivity contribution < 1.29 is 4.39 Å². The number of rotatable bonds is 4. The lowest BCUT2D eigenvalue weighted by Gasteiger charge is -2.38. The molecule has 2 unspecified atom stereocenters. The Kier molecular flexibility index (Phi) is 3.98. The van der Waals surface area contributed by atoms with E-state index in [1.54, 1.807) is 19.2 Å². The fourth-order valence-corrected chi connectivity index (χ4v) is 4.34. The van der Waals surface area contributed by atoms with Gasteiger partial charge >= 0.3 is 0 Å². The SMILES string of the molecule is CC(=N)/C=N\C=C\C12CCCC(c3cccc(F)c3)(CC1)C2. The van der Waals surface area contributed by atoms with Crippen LogP contribution in [-0.4, -0.2) is 11.9 Å². The maximum absolute atomic E-state index is 13.6. The summed E-state index contributed by atoms with van der Waals surface area (Å²) in [5.74, 6) is -0.128. The molecule has 2 aliphatic carbocycles. The summed E-state index contributed by atoms with van der Waals surface area (Å²) in [6.07, 6.45) is 12.6. The van der Waals surface area contributed by atoms with E-state index in [1.807, 2.05) is 12.3 Å². The van der Waals surface area contributed by atoms with Crippen molar-refractivity contribution in [1.82, 2.24) is 0 Å². The van der Waals surface area contributed by atoms with Crippen LogP contribution in [0.25, 0.3) is 0 Å². The van der Waals surface area contributed by atoms with Crippen molar-refractivity contribution >= 4 is 11.9 Å². The van der Waals surface area contributed by atoms with Crippen LogP contribution in [0, 0.1) is 16.6 Å². The molecule has 0 aromatic heterocycles. The number of benzene rings is 1. The molecule has 22 heavy (non-hydrogen) atoms. The molecular weight excluding hydrogens is 275 g/mol. The summed E-state index contributed by atoms with van der Waals surface area (Å²) in [6, 6.07) is 7.17. The first-order valence-corrected chi connectivity index (χ1v) is 8.06. The Balaban J connectivity index is 1.82. The Labute approximate surface area is 131 Å². The van der Waals surface area contributed by atoms with Gasteiger partial charge in [0.1, 0.15) is 5.82 Å². The predicted octanol–water partition coefficient (Wildman–Crippen LogP) is 5.04. The zero-order valence-corrected chi connectivity index (χ0v) is 13.1. The molecule has 2 fully saturated rings. The van der Waals surface area contributed by atoms with Crippen LogP contribution in [0.1, 0.15) is 51.0 Å². The third-order valence-electron chi connectivity index (χ3n) is 5.34. The molecule has 0 spiro atoms. The second kappa shape index (κ2) is 5.79. The maximum atomic E-state index is 13.6. The molecule has 1 aromatic carbocycles. The van der Waals surface area contributed by atoms with Crippen molar-refractivity contribution in [2.75, 3.05) is 0 Å². The van der Waals surface area contributed by atoms with Gasteiger partial charge in [-0.25, -0.2) is 4.39 Å². The maximum Gasteiger partial charge on any atom is 0.123 e. The molecule has 2 nitrogen and oxygen atoms in total. The Morgan fingerprint density at radius 1 is 1.27 bits per heavy atom. The Morgan fingerprint density at radius 2 is 2.14 bits per heavy atom. The Morgan fingerprint density at radius 3 is 2.91 bits per heavy atom. The van der Waals surface area contributed by atoms with Gasteiger partial charge in [-0.15, -0.1) is 0 Å². The second-order valence-electron chi connectivity index (χ2n) is 6.96. The number of aliphatic imine (C=N–C) groups is 1. The lowest BCUT2D eigenvalue weighted by Crippen LogP contribution is -2.30. The number of hydrogen-bond donors (Lipinski definition) is 1. The van der Waals surface area contributed by atoms with Gasteiger partial charge in [-0.1, -0.05) is 24.6 Å². The Hall–Kier alpha value is -1.77. The molecule has 2 atom stereocenters. The molecule has 0 heterocycles. The normalized spacial score (nSPS) is 31.2. The zero-order chi connectivity index (χ0) is 15.6. The van der Waals surface area contributed by atoms with E-state index in [0.717, 1.165) is 25.7 Å². The summed E-state index contributed by atoms with van der Waals surface area (Å²) in [7, 11) is 0. The number of fused-ring (bicyclic) bond motifs is 2. The van der Waals surface area contributed by atoms with Crippen molar-refractivity contribution in [2.24, 2.45) is 10.4 Å². The first kappa shape index (κ1) is 15.1. The third-order valence-corrected chi connectivity index (χ3v) is 5.34. The van der Waals surface area contributed by atoms with E-state index in [1.165, 1.54) is 24.5 Å². The van der Waals surface area contributed by atoms with Crippen molar-refractivity contribution in [1.29, 1.82) is 5.41 Å². The molecule has 3 rings (SSSR count). The molecule has 0 aliphatic heterocycles. The van der Waals surface area contributed by atoms with Gasteiger partial charge < -0.3 is 5.41 Å². The van der Waals surface area contributed by atoms with Gasteiger partial charge in [-0.05, 0) is 67.6 Å². The topological polar surface area (TPSA) is 36.2 Å². The van der Waals surface area contributed by atoms with Gasteiger partial charge in [0.25, 0.3) is 0 Å². The van der Waals surface area contributed by atoms with Gasteiger partial charge in [-0.3, -0.25) is 4.99 Å². The average Bonchev–Trinajstić information content (AvgIpc) is 2.76. The highest BCUT2D eigenvalue weighted by atomic mass is 19.1. The predicted molar refractivity (Wildman–Crippen MR) is 89.2 cm³/mol. The van der Waals surface area contributed by atoms with Gasteiger partial charge in [-0.2, -0.15) is 0 Å². The van der Waals surface area contributed by atoms with Crippen molar-refractivity contribution in [3.63, 3.8) is 0 Å². The summed E-state index contributed by atoms with van der Waals surface area (Å²) in [4.78, 5) is 4.20. The van der Waals surface area contributed by atoms with E-state index in [4.69, 9.17) is 5.41 Å². The minimum absolute atomic E-state index is 0.128. The molecule has 2 aliphatic rings. The minimum Gasteiger partial charge on any atom is -0.304 e. The van der Waals surface area contributed by atoms with Gasteiger partial charge in [0.05, 0.1) is 0 Å². The molecule has 0 radical (unpaired) electrons. The van der Waals surface area contributed by atoms with E-state index >= 15 is 0 Å². The fraction of sp³-hybridized carbons (Fsp3) is 0.474. The van der Waals surface area contributed by atoms with Gasteiger partial charge in [0.2, 0.25) is 0 Å². The van der Waals surface area contributed by atoms with E-state index in [2.05, 4.69) is 17.1 Å². The van der Waals surface area contributed by atoms with Gasteiger partial charge in [0, 0.05) is 18.1 Å². The molecule has 0 amide bonds. The lowest BCUT2D eigenvalue weighted by atomic mass is 9.66. The first-order valence-electron chi connectivity index (χ1n) is 8.06. The minimum atomic E-state index is -0.128. The van der Waals surface area contributed by atoms with E-state index in [0.29, 0.717) is 5.71 Å². The third kappa shape index (κ3) is 2.90. The van der Waals surface area contributed by atoms with E-state index in [9.17, 15) is 4.39 Å². The molecule has 1 N–H and O–H groups in total. The molecular formula is C19H23FN2.